The van der Waals surface area contributed by atoms with Gasteiger partial charge in [0.05, 0.1) is 6.26 Å². The van der Waals surface area contributed by atoms with Crippen LogP contribution in [0.2, 0.25) is 0 Å². The Labute approximate surface area is 133 Å². The Bertz CT molecular complexity index is 641. The molecule has 1 aromatic carbocycles. The van der Waals surface area contributed by atoms with E-state index in [4.69, 9.17) is 0 Å². The Balaban J connectivity index is 2.67. The normalized spacial score (nSPS) is 12.3. The van der Waals surface area contributed by atoms with Gasteiger partial charge in [0.25, 0.3) is 0 Å². The zero-order chi connectivity index (χ0) is 17.1. The number of carbonyl (C=O) groups is 1. The van der Waals surface area contributed by atoms with E-state index >= 15 is 0 Å². The van der Waals surface area contributed by atoms with Crippen LogP contribution in [-0.4, -0.2) is 32.7 Å². The average Bonchev–Trinajstić information content (AvgIpc) is 2.28. The van der Waals surface area contributed by atoms with Gasteiger partial charge in [0.1, 0.15) is 5.54 Å². The molecule has 0 aliphatic carbocycles. The molecular weight excluding hydrogens is 300 g/mol. The fourth-order valence-corrected chi connectivity index (χ4v) is 3.66. The lowest BCUT2D eigenvalue weighted by Gasteiger charge is -2.24. The number of benzene rings is 1. The minimum atomic E-state index is -3.43. The SMILES string of the molecule is Cc1cc(C)c(CCNC(=O)C(C)(C)NS(C)(=O)=O)c(C)c1. The molecule has 0 heterocycles. The van der Waals surface area contributed by atoms with Gasteiger partial charge in [-0.25, -0.2) is 13.1 Å². The number of hydrogen-bond acceptors (Lipinski definition) is 3. The monoisotopic (exact) mass is 326 g/mol. The van der Waals surface area contributed by atoms with Gasteiger partial charge in [0, 0.05) is 6.54 Å². The molecule has 0 radical (unpaired) electrons. The third kappa shape index (κ3) is 5.42. The topological polar surface area (TPSA) is 75.3 Å². The van der Waals surface area contributed by atoms with Crippen LogP contribution < -0.4 is 10.0 Å². The first-order valence-electron chi connectivity index (χ1n) is 7.26. The number of aryl methyl sites for hydroxylation is 3. The van der Waals surface area contributed by atoms with E-state index in [1.807, 2.05) is 0 Å². The highest BCUT2D eigenvalue weighted by atomic mass is 32.2. The van der Waals surface area contributed by atoms with E-state index in [0.717, 1.165) is 12.7 Å². The fraction of sp³-hybridized carbons (Fsp3) is 0.562. The summed E-state index contributed by atoms with van der Waals surface area (Å²) in [4.78, 5) is 12.1. The second kappa shape index (κ2) is 6.79. The lowest BCUT2D eigenvalue weighted by molar-refractivity contribution is -0.125. The molecule has 6 heteroatoms. The highest BCUT2D eigenvalue weighted by Gasteiger charge is 2.30. The van der Waals surface area contributed by atoms with Crippen LogP contribution >= 0.6 is 0 Å². The Morgan fingerprint density at radius 1 is 1.14 bits per heavy atom. The minimum absolute atomic E-state index is 0.333. The van der Waals surface area contributed by atoms with Crippen LogP contribution in [0.15, 0.2) is 12.1 Å². The van der Waals surface area contributed by atoms with Crippen LogP contribution in [0, 0.1) is 20.8 Å². The Kier molecular flexibility index (Phi) is 5.76. The maximum atomic E-state index is 12.1. The predicted molar refractivity (Wildman–Crippen MR) is 89.4 cm³/mol. The molecule has 0 atom stereocenters. The van der Waals surface area contributed by atoms with Crippen molar-refractivity contribution in [2.75, 3.05) is 12.8 Å². The van der Waals surface area contributed by atoms with Gasteiger partial charge in [-0.05, 0) is 57.7 Å². The highest BCUT2D eigenvalue weighted by molar-refractivity contribution is 7.88. The average molecular weight is 326 g/mol. The molecule has 0 aliphatic heterocycles. The highest BCUT2D eigenvalue weighted by Crippen LogP contribution is 2.16. The minimum Gasteiger partial charge on any atom is -0.354 e. The van der Waals surface area contributed by atoms with E-state index in [0.29, 0.717) is 6.54 Å². The third-order valence-corrected chi connectivity index (χ3v) is 4.39. The van der Waals surface area contributed by atoms with Crippen molar-refractivity contribution in [2.45, 2.75) is 46.6 Å². The molecule has 0 saturated heterocycles. The van der Waals surface area contributed by atoms with E-state index < -0.39 is 15.6 Å². The zero-order valence-electron chi connectivity index (χ0n) is 14.2. The molecule has 0 spiro atoms. The summed E-state index contributed by atoms with van der Waals surface area (Å²) in [5.74, 6) is -0.333. The molecule has 2 N–H and O–H groups in total. The molecule has 1 rings (SSSR count). The number of nitrogens with one attached hydrogen (secondary N) is 2. The molecule has 0 aliphatic rings. The lowest BCUT2D eigenvalue weighted by atomic mass is 9.97. The Morgan fingerprint density at radius 3 is 2.09 bits per heavy atom. The van der Waals surface area contributed by atoms with Gasteiger partial charge < -0.3 is 5.32 Å². The molecule has 0 bridgehead atoms. The molecule has 1 aromatic rings. The lowest BCUT2D eigenvalue weighted by Crippen LogP contribution is -2.54. The van der Waals surface area contributed by atoms with Crippen LogP contribution in [0.1, 0.15) is 36.1 Å². The maximum Gasteiger partial charge on any atom is 0.240 e. The van der Waals surface area contributed by atoms with Crippen LogP contribution in [0.4, 0.5) is 0 Å². The first-order valence-corrected chi connectivity index (χ1v) is 9.15. The van der Waals surface area contributed by atoms with Gasteiger partial charge in [-0.15, -0.1) is 0 Å². The summed E-state index contributed by atoms with van der Waals surface area (Å²) in [5, 5.41) is 2.80. The van der Waals surface area contributed by atoms with E-state index in [2.05, 4.69) is 42.9 Å². The third-order valence-electron chi connectivity index (χ3n) is 3.51. The predicted octanol–water partition coefficient (Wildman–Crippen LogP) is 1.60. The van der Waals surface area contributed by atoms with Crippen molar-refractivity contribution in [3.63, 3.8) is 0 Å². The second-order valence-corrected chi connectivity index (χ2v) is 8.13. The summed E-state index contributed by atoms with van der Waals surface area (Å²) in [6, 6.07) is 4.25. The molecule has 1 amide bonds. The van der Waals surface area contributed by atoms with E-state index in [1.165, 1.54) is 22.3 Å². The van der Waals surface area contributed by atoms with Crippen LogP contribution in [0.5, 0.6) is 0 Å². The van der Waals surface area contributed by atoms with Gasteiger partial charge in [-0.1, -0.05) is 17.7 Å². The molecule has 0 unspecified atom stereocenters. The van der Waals surface area contributed by atoms with E-state index in [1.54, 1.807) is 13.8 Å². The standard InChI is InChI=1S/C16H26N2O3S/c1-11-9-12(2)14(13(3)10-11)7-8-17-15(19)16(4,5)18-22(6,20)21/h9-10,18H,7-8H2,1-6H3,(H,17,19). The summed E-state index contributed by atoms with van der Waals surface area (Å²) in [7, 11) is -3.43. The summed E-state index contributed by atoms with van der Waals surface area (Å²) in [6.45, 7) is 9.75. The summed E-state index contributed by atoms with van der Waals surface area (Å²) < 4.78 is 24.9. The van der Waals surface area contributed by atoms with Gasteiger partial charge >= 0.3 is 0 Å². The molecule has 0 aromatic heterocycles. The van der Waals surface area contributed by atoms with E-state index in [9.17, 15) is 13.2 Å². The fourth-order valence-electron chi connectivity index (χ4n) is 2.64. The van der Waals surface area contributed by atoms with Crippen molar-refractivity contribution in [2.24, 2.45) is 0 Å². The molecule has 5 nitrogen and oxygen atoms in total. The van der Waals surface area contributed by atoms with Gasteiger partial charge in [0.15, 0.2) is 0 Å². The van der Waals surface area contributed by atoms with Gasteiger partial charge in [-0.3, -0.25) is 4.79 Å². The summed E-state index contributed by atoms with van der Waals surface area (Å²) >= 11 is 0. The number of sulfonamides is 1. The van der Waals surface area contributed by atoms with Crippen molar-refractivity contribution >= 4 is 15.9 Å². The number of rotatable bonds is 6. The van der Waals surface area contributed by atoms with Crippen LogP contribution in [0.3, 0.4) is 0 Å². The zero-order valence-corrected chi connectivity index (χ0v) is 15.0. The molecule has 22 heavy (non-hydrogen) atoms. The quantitative estimate of drug-likeness (QED) is 0.834. The molecule has 0 fully saturated rings. The second-order valence-electron chi connectivity index (χ2n) is 6.38. The van der Waals surface area contributed by atoms with Gasteiger partial charge in [0.2, 0.25) is 15.9 Å². The number of hydrogen-bond donors (Lipinski definition) is 2. The van der Waals surface area contributed by atoms with Crippen molar-refractivity contribution < 1.29 is 13.2 Å². The first kappa shape index (κ1) is 18.6. The van der Waals surface area contributed by atoms with Gasteiger partial charge in [-0.2, -0.15) is 0 Å². The summed E-state index contributed by atoms with van der Waals surface area (Å²) in [6.07, 6.45) is 1.76. The largest absolute Gasteiger partial charge is 0.354 e. The molecule has 124 valence electrons. The van der Waals surface area contributed by atoms with Crippen LogP contribution in [-0.2, 0) is 21.2 Å². The Hall–Kier alpha value is -1.40. The van der Waals surface area contributed by atoms with Crippen LogP contribution in [0.25, 0.3) is 0 Å². The van der Waals surface area contributed by atoms with Crippen molar-refractivity contribution in [1.82, 2.24) is 10.0 Å². The first-order chi connectivity index (χ1) is 9.92. The smallest absolute Gasteiger partial charge is 0.240 e. The number of amides is 1. The van der Waals surface area contributed by atoms with E-state index in [-0.39, 0.29) is 5.91 Å². The maximum absolute atomic E-state index is 12.1. The summed E-state index contributed by atoms with van der Waals surface area (Å²) in [5.41, 5.74) is 3.70. The molecular formula is C16H26N2O3S. The van der Waals surface area contributed by atoms with Crippen molar-refractivity contribution in [1.29, 1.82) is 0 Å². The van der Waals surface area contributed by atoms with Crippen molar-refractivity contribution in [3.05, 3.63) is 34.4 Å². The number of carbonyl (C=O) groups excluding carboxylic acids is 1. The van der Waals surface area contributed by atoms with Crippen molar-refractivity contribution in [3.8, 4) is 0 Å². The Morgan fingerprint density at radius 2 is 1.64 bits per heavy atom. The molecule has 0 saturated carbocycles.